The predicted molar refractivity (Wildman–Crippen MR) is 209 cm³/mol. The van der Waals surface area contributed by atoms with E-state index in [-0.39, 0.29) is 44.0 Å². The molecule has 52 heavy (non-hydrogen) atoms. The van der Waals surface area contributed by atoms with Crippen molar-refractivity contribution in [1.29, 1.82) is 0 Å². The molecular weight excluding hydrogens is 818 g/mol. The van der Waals surface area contributed by atoms with E-state index >= 15 is 0 Å². The average molecular weight is 859 g/mol. The topological polar surface area (TPSA) is 39.4 Å². The summed E-state index contributed by atoms with van der Waals surface area (Å²) in [6, 6.07) is 46.6. The Morgan fingerprint density at radius 3 is 2.23 bits per heavy atom. The fourth-order valence-electron chi connectivity index (χ4n) is 7.68. The van der Waals surface area contributed by atoms with Crippen LogP contribution in [0.3, 0.4) is 0 Å². The summed E-state index contributed by atoms with van der Waals surface area (Å²) in [5.74, 6) is 0.656. The summed E-state index contributed by atoms with van der Waals surface area (Å²) in [7, 11) is 0. The normalized spacial score (nSPS) is 16.7. The van der Waals surface area contributed by atoms with Crippen molar-refractivity contribution < 1.29 is 25.8 Å². The van der Waals surface area contributed by atoms with Gasteiger partial charge in [0.25, 0.3) is 0 Å². The van der Waals surface area contributed by atoms with Crippen LogP contribution in [0.15, 0.2) is 120 Å². The van der Waals surface area contributed by atoms with Crippen molar-refractivity contribution in [3.8, 4) is 28.1 Å². The Bertz CT molecular complexity index is 2520. The van der Waals surface area contributed by atoms with Crippen molar-refractivity contribution in [2.75, 3.05) is 0 Å². The molecule has 9 rings (SSSR count). The van der Waals surface area contributed by atoms with Gasteiger partial charge < -0.3 is 14.3 Å². The molecule has 0 unspecified atom stereocenters. The third-order valence-corrected chi connectivity index (χ3v) is 10.5. The Morgan fingerprint density at radius 1 is 0.692 bits per heavy atom. The summed E-state index contributed by atoms with van der Waals surface area (Å²) in [6.07, 6.45) is 2.76. The molecule has 2 aromatic heterocycles. The zero-order valence-electron chi connectivity index (χ0n) is 30.4. The van der Waals surface area contributed by atoms with Crippen molar-refractivity contribution in [1.82, 2.24) is 9.55 Å². The van der Waals surface area contributed by atoms with E-state index in [1.165, 1.54) is 27.6 Å². The first-order chi connectivity index (χ1) is 24.5. The largest absolute Gasteiger partial charge is 2.00 e. The molecule has 5 heteroatoms. The zero-order chi connectivity index (χ0) is 35.1. The summed E-state index contributed by atoms with van der Waals surface area (Å²) in [5, 5.41) is 2.30. The number of fused-ring (bicyclic) bond motifs is 6. The Balaban J connectivity index is 0.00000387. The number of nitrogens with zero attached hydrogens (tertiary/aromatic N) is 3. The van der Waals surface area contributed by atoms with E-state index in [1.807, 2.05) is 6.20 Å². The van der Waals surface area contributed by atoms with E-state index in [0.29, 0.717) is 5.90 Å². The molecule has 1 aliphatic heterocycles. The van der Waals surface area contributed by atoms with E-state index in [4.69, 9.17) is 14.7 Å². The Hall–Kier alpha value is -4.79. The summed E-state index contributed by atoms with van der Waals surface area (Å²) in [5.41, 5.74) is 13.3. The second kappa shape index (κ2) is 12.7. The van der Waals surface area contributed by atoms with Gasteiger partial charge in [-0.1, -0.05) is 131 Å². The molecule has 0 saturated heterocycles. The first-order valence-corrected chi connectivity index (χ1v) is 17.9. The average Bonchev–Trinajstić information content (AvgIpc) is 3.80. The molecule has 5 aromatic carbocycles. The van der Waals surface area contributed by atoms with Crippen molar-refractivity contribution >= 4 is 27.7 Å². The molecular formula is C47H41N3OPt. The molecule has 0 spiro atoms. The van der Waals surface area contributed by atoms with Gasteiger partial charge in [-0.3, -0.25) is 4.99 Å². The number of rotatable bonds is 4. The number of hydrogen-bond donors (Lipinski definition) is 0. The quantitative estimate of drug-likeness (QED) is 0.165. The molecule has 0 saturated carbocycles. The molecule has 3 heterocycles. The van der Waals surface area contributed by atoms with Crippen molar-refractivity contribution in [2.24, 2.45) is 4.99 Å². The monoisotopic (exact) mass is 858 g/mol. The fraction of sp³-hybridized carbons (Fsp3) is 0.234. The predicted octanol–water partition coefficient (Wildman–Crippen LogP) is 11.1. The number of aliphatic imine (C=N–C) groups is 1. The number of ether oxygens (including phenoxy) is 1. The van der Waals surface area contributed by atoms with Gasteiger partial charge in [-0.2, -0.15) is 0 Å². The van der Waals surface area contributed by atoms with Crippen molar-refractivity contribution in [3.63, 3.8) is 0 Å². The Kier molecular flexibility index (Phi) is 8.38. The van der Waals surface area contributed by atoms with Crippen LogP contribution in [0.4, 0.5) is 0 Å². The summed E-state index contributed by atoms with van der Waals surface area (Å²) >= 11 is 0. The van der Waals surface area contributed by atoms with Gasteiger partial charge in [-0.05, 0) is 73.1 Å². The van der Waals surface area contributed by atoms with Crippen molar-refractivity contribution in [3.05, 3.63) is 155 Å². The SMILES string of the molecule is CC(C)(C)c1ccnc(-c2[c-]c3c(cc2)c2ccccc2n3-c2[c-]c(C3=N[C@@H]4c5ccc(C(C)(C)C)cc5C[C@@H]4O3)cc(-c3ccccc3)c2)c1.[Pt+2]. The van der Waals surface area contributed by atoms with Gasteiger partial charge in [-0.15, -0.1) is 42.0 Å². The maximum Gasteiger partial charge on any atom is 2.00 e. The van der Waals surface area contributed by atoms with Gasteiger partial charge in [-0.25, -0.2) is 0 Å². The molecule has 2 atom stereocenters. The van der Waals surface area contributed by atoms with E-state index in [1.54, 1.807) is 0 Å². The van der Waals surface area contributed by atoms with Gasteiger partial charge >= 0.3 is 21.1 Å². The number of para-hydroxylation sites is 1. The number of benzene rings is 5. The van der Waals surface area contributed by atoms with Crippen LogP contribution in [0.25, 0.3) is 49.9 Å². The first kappa shape index (κ1) is 34.3. The Labute approximate surface area is 320 Å². The van der Waals surface area contributed by atoms with Gasteiger partial charge in [0, 0.05) is 18.1 Å². The van der Waals surface area contributed by atoms with Crippen LogP contribution < -0.4 is 0 Å². The molecule has 0 N–H and O–H groups in total. The third-order valence-electron chi connectivity index (χ3n) is 10.5. The standard InChI is InChI=1S/C47H41N3O.Pt/c1-46(2,3)34-17-19-37-32(23-34)27-43-44(37)49-45(51-43)33-22-31(29-12-8-7-9-13-29)24-36(25-33)50-41-15-11-10-14-38(41)39-18-16-30(26-42(39)50)40-28-35(20-21-48-40)47(4,5)6;/h7-24,28,43-44H,27H2,1-6H3;/q-2;+2/t43-,44+;/m0./s1. The Morgan fingerprint density at radius 2 is 1.44 bits per heavy atom. The van der Waals surface area contributed by atoms with E-state index in [9.17, 15) is 0 Å². The fourth-order valence-corrected chi connectivity index (χ4v) is 7.68. The van der Waals surface area contributed by atoms with Crippen molar-refractivity contribution in [2.45, 2.75) is 70.9 Å². The molecule has 7 aromatic rings. The molecule has 4 nitrogen and oxygen atoms in total. The molecule has 260 valence electrons. The van der Waals surface area contributed by atoms with Gasteiger partial charge in [0.1, 0.15) is 18.0 Å². The minimum absolute atomic E-state index is 0. The second-order valence-corrected chi connectivity index (χ2v) is 16.1. The van der Waals surface area contributed by atoms with Gasteiger partial charge in [0.05, 0.1) is 0 Å². The summed E-state index contributed by atoms with van der Waals surface area (Å²) in [4.78, 5) is 10.0. The summed E-state index contributed by atoms with van der Waals surface area (Å²) < 4.78 is 9.02. The molecule has 0 fully saturated rings. The molecule has 0 bridgehead atoms. The summed E-state index contributed by atoms with van der Waals surface area (Å²) in [6.45, 7) is 13.5. The van der Waals surface area contributed by atoms with E-state index < -0.39 is 0 Å². The zero-order valence-corrected chi connectivity index (χ0v) is 32.7. The first-order valence-electron chi connectivity index (χ1n) is 17.9. The van der Waals surface area contributed by atoms with Crippen LogP contribution in [-0.2, 0) is 43.1 Å². The van der Waals surface area contributed by atoms with E-state index in [0.717, 1.165) is 56.5 Å². The maximum absolute atomic E-state index is 6.73. The molecule has 0 radical (unpaired) electrons. The smallest absolute Gasteiger partial charge is 0.514 e. The van der Waals surface area contributed by atoms with Crippen LogP contribution in [0, 0.1) is 12.1 Å². The van der Waals surface area contributed by atoms with Crippen LogP contribution in [0.2, 0.25) is 0 Å². The third kappa shape index (κ3) is 5.92. The van der Waals surface area contributed by atoms with Gasteiger partial charge in [0.2, 0.25) is 0 Å². The van der Waals surface area contributed by atoms with Crippen LogP contribution in [0.1, 0.15) is 75.4 Å². The maximum atomic E-state index is 6.73. The minimum atomic E-state index is -0.0123. The number of aromatic nitrogens is 2. The van der Waals surface area contributed by atoms with Crippen LogP contribution >= 0.6 is 0 Å². The molecule has 1 aliphatic carbocycles. The van der Waals surface area contributed by atoms with Gasteiger partial charge in [0.15, 0.2) is 0 Å². The minimum Gasteiger partial charge on any atom is -0.514 e. The second-order valence-electron chi connectivity index (χ2n) is 16.1. The van der Waals surface area contributed by atoms with E-state index in [2.05, 4.69) is 167 Å². The number of hydrogen-bond acceptors (Lipinski definition) is 3. The number of pyridine rings is 1. The molecule has 0 amide bonds. The van der Waals surface area contributed by atoms with Crippen LogP contribution in [-0.4, -0.2) is 21.6 Å². The van der Waals surface area contributed by atoms with Crippen LogP contribution in [0.5, 0.6) is 0 Å². The molecule has 2 aliphatic rings.